The van der Waals surface area contributed by atoms with Crippen LogP contribution in [0.5, 0.6) is 11.5 Å². The highest BCUT2D eigenvalue weighted by Gasteiger charge is 2.19. The zero-order valence-corrected chi connectivity index (χ0v) is 11.1. The molecule has 1 aliphatic carbocycles. The van der Waals surface area contributed by atoms with Crippen LogP contribution in [0.1, 0.15) is 38.2 Å². The second-order valence-electron chi connectivity index (χ2n) is 4.96. The number of nitrogens with one attached hydrogen (secondary N) is 1. The van der Waals surface area contributed by atoms with E-state index < -0.39 is 0 Å². The SMILES string of the molecule is CCOc1cccc(CNCCCC2CC2)c1O. The fourth-order valence-corrected chi connectivity index (χ4v) is 2.13. The summed E-state index contributed by atoms with van der Waals surface area (Å²) in [6.45, 7) is 4.22. The molecule has 1 aromatic carbocycles. The lowest BCUT2D eigenvalue weighted by Gasteiger charge is -2.10. The van der Waals surface area contributed by atoms with Crippen molar-refractivity contribution in [1.29, 1.82) is 0 Å². The highest BCUT2D eigenvalue weighted by molar-refractivity contribution is 5.45. The summed E-state index contributed by atoms with van der Waals surface area (Å²) in [6.07, 6.45) is 5.43. The molecule has 1 aromatic rings. The Bertz CT molecular complexity index is 375. The molecule has 3 heteroatoms. The van der Waals surface area contributed by atoms with Crippen molar-refractivity contribution in [3.05, 3.63) is 23.8 Å². The number of para-hydroxylation sites is 1. The lowest BCUT2D eigenvalue weighted by atomic mass is 10.1. The van der Waals surface area contributed by atoms with Gasteiger partial charge in [0.15, 0.2) is 11.5 Å². The van der Waals surface area contributed by atoms with Crippen molar-refractivity contribution in [1.82, 2.24) is 5.32 Å². The van der Waals surface area contributed by atoms with Gasteiger partial charge in [-0.05, 0) is 38.3 Å². The first kappa shape index (κ1) is 13.2. The normalized spacial score (nSPS) is 14.7. The summed E-state index contributed by atoms with van der Waals surface area (Å²) >= 11 is 0. The summed E-state index contributed by atoms with van der Waals surface area (Å²) in [5, 5.41) is 13.4. The Kier molecular flexibility index (Phi) is 4.88. The lowest BCUT2D eigenvalue weighted by molar-refractivity contribution is 0.316. The fourth-order valence-electron chi connectivity index (χ4n) is 2.13. The van der Waals surface area contributed by atoms with Gasteiger partial charge < -0.3 is 15.2 Å². The molecule has 18 heavy (non-hydrogen) atoms. The van der Waals surface area contributed by atoms with Gasteiger partial charge in [-0.25, -0.2) is 0 Å². The van der Waals surface area contributed by atoms with E-state index in [0.29, 0.717) is 18.9 Å². The van der Waals surface area contributed by atoms with E-state index in [0.717, 1.165) is 18.0 Å². The molecule has 1 aliphatic rings. The monoisotopic (exact) mass is 249 g/mol. The highest BCUT2D eigenvalue weighted by Crippen LogP contribution is 2.33. The third-order valence-electron chi connectivity index (χ3n) is 3.36. The number of rotatable bonds is 8. The number of phenols is 1. The van der Waals surface area contributed by atoms with Crippen molar-refractivity contribution in [2.45, 2.75) is 39.2 Å². The number of aromatic hydroxyl groups is 1. The van der Waals surface area contributed by atoms with Gasteiger partial charge in [-0.15, -0.1) is 0 Å². The van der Waals surface area contributed by atoms with E-state index in [4.69, 9.17) is 4.74 Å². The minimum absolute atomic E-state index is 0.272. The van der Waals surface area contributed by atoms with Crippen LogP contribution in [0, 0.1) is 5.92 Å². The van der Waals surface area contributed by atoms with E-state index in [9.17, 15) is 5.11 Å². The molecular formula is C15H23NO2. The molecule has 0 aliphatic heterocycles. The summed E-state index contributed by atoms with van der Waals surface area (Å²) in [5.41, 5.74) is 0.910. The smallest absolute Gasteiger partial charge is 0.162 e. The number of hydrogen-bond acceptors (Lipinski definition) is 3. The molecular weight excluding hydrogens is 226 g/mol. The van der Waals surface area contributed by atoms with Crippen LogP contribution in [0.3, 0.4) is 0 Å². The topological polar surface area (TPSA) is 41.5 Å². The predicted octanol–water partition coefficient (Wildman–Crippen LogP) is 3.07. The van der Waals surface area contributed by atoms with Crippen LogP contribution >= 0.6 is 0 Å². The second-order valence-corrected chi connectivity index (χ2v) is 4.96. The molecule has 0 bridgehead atoms. The standard InChI is InChI=1S/C15H23NO2/c1-2-18-14-7-3-6-13(15(14)17)11-16-10-4-5-12-8-9-12/h3,6-7,12,16-17H,2,4-5,8-11H2,1H3. The van der Waals surface area contributed by atoms with Crippen LogP contribution in [0.25, 0.3) is 0 Å². The third kappa shape index (κ3) is 3.91. The third-order valence-corrected chi connectivity index (χ3v) is 3.36. The Hall–Kier alpha value is -1.22. The summed E-state index contributed by atoms with van der Waals surface area (Å²) in [6, 6.07) is 5.66. The molecule has 0 heterocycles. The Balaban J connectivity index is 1.75. The largest absolute Gasteiger partial charge is 0.504 e. The van der Waals surface area contributed by atoms with E-state index in [1.165, 1.54) is 25.7 Å². The zero-order chi connectivity index (χ0) is 12.8. The first-order chi connectivity index (χ1) is 8.81. The Morgan fingerprint density at radius 3 is 2.94 bits per heavy atom. The van der Waals surface area contributed by atoms with E-state index >= 15 is 0 Å². The molecule has 1 saturated carbocycles. The second kappa shape index (κ2) is 6.64. The first-order valence-electron chi connectivity index (χ1n) is 6.95. The van der Waals surface area contributed by atoms with Crippen LogP contribution < -0.4 is 10.1 Å². The van der Waals surface area contributed by atoms with Gasteiger partial charge in [0.1, 0.15) is 0 Å². The summed E-state index contributed by atoms with van der Waals surface area (Å²) in [7, 11) is 0. The van der Waals surface area contributed by atoms with Crippen molar-refractivity contribution in [3.63, 3.8) is 0 Å². The minimum atomic E-state index is 0.272. The van der Waals surface area contributed by atoms with E-state index in [1.807, 2.05) is 19.1 Å². The van der Waals surface area contributed by atoms with Gasteiger partial charge in [-0.2, -0.15) is 0 Å². The maximum absolute atomic E-state index is 10.0. The molecule has 100 valence electrons. The van der Waals surface area contributed by atoms with Crippen LogP contribution in [0.2, 0.25) is 0 Å². The predicted molar refractivity (Wildman–Crippen MR) is 72.9 cm³/mol. The van der Waals surface area contributed by atoms with Gasteiger partial charge >= 0.3 is 0 Å². The van der Waals surface area contributed by atoms with Crippen molar-refractivity contribution >= 4 is 0 Å². The molecule has 2 N–H and O–H groups in total. The van der Waals surface area contributed by atoms with E-state index in [-0.39, 0.29) is 5.75 Å². The van der Waals surface area contributed by atoms with Gasteiger partial charge in [0.25, 0.3) is 0 Å². The average Bonchev–Trinajstić information content (AvgIpc) is 3.17. The Morgan fingerprint density at radius 2 is 2.22 bits per heavy atom. The minimum Gasteiger partial charge on any atom is -0.504 e. The quantitative estimate of drug-likeness (QED) is 0.696. The van der Waals surface area contributed by atoms with Crippen molar-refractivity contribution in [2.24, 2.45) is 5.92 Å². The number of hydrogen-bond donors (Lipinski definition) is 2. The maximum atomic E-state index is 10.0. The molecule has 0 radical (unpaired) electrons. The highest BCUT2D eigenvalue weighted by atomic mass is 16.5. The van der Waals surface area contributed by atoms with Gasteiger partial charge in [0.2, 0.25) is 0 Å². The van der Waals surface area contributed by atoms with E-state index in [1.54, 1.807) is 6.07 Å². The molecule has 0 aromatic heterocycles. The molecule has 3 nitrogen and oxygen atoms in total. The molecule has 0 spiro atoms. The summed E-state index contributed by atoms with van der Waals surface area (Å²) < 4.78 is 5.37. The van der Waals surface area contributed by atoms with Crippen LogP contribution in [0.15, 0.2) is 18.2 Å². The summed E-state index contributed by atoms with van der Waals surface area (Å²) in [5.74, 6) is 1.85. The fraction of sp³-hybridized carbons (Fsp3) is 0.600. The van der Waals surface area contributed by atoms with Gasteiger partial charge in [0, 0.05) is 12.1 Å². The number of ether oxygens (including phenoxy) is 1. The average molecular weight is 249 g/mol. The molecule has 0 atom stereocenters. The van der Waals surface area contributed by atoms with Crippen LogP contribution in [-0.4, -0.2) is 18.3 Å². The van der Waals surface area contributed by atoms with Crippen molar-refractivity contribution in [3.8, 4) is 11.5 Å². The zero-order valence-electron chi connectivity index (χ0n) is 11.1. The number of phenolic OH excluding ortho intramolecular Hbond substituents is 1. The summed E-state index contributed by atoms with van der Waals surface area (Å²) in [4.78, 5) is 0. The lowest BCUT2D eigenvalue weighted by Crippen LogP contribution is -2.15. The first-order valence-corrected chi connectivity index (χ1v) is 6.95. The Morgan fingerprint density at radius 1 is 1.39 bits per heavy atom. The molecule has 0 unspecified atom stereocenters. The van der Waals surface area contributed by atoms with Gasteiger partial charge in [-0.1, -0.05) is 25.0 Å². The Labute approximate surface area is 109 Å². The number of benzene rings is 1. The van der Waals surface area contributed by atoms with Crippen molar-refractivity contribution in [2.75, 3.05) is 13.2 Å². The molecule has 0 saturated heterocycles. The van der Waals surface area contributed by atoms with Crippen LogP contribution in [0.4, 0.5) is 0 Å². The van der Waals surface area contributed by atoms with E-state index in [2.05, 4.69) is 5.32 Å². The van der Waals surface area contributed by atoms with Crippen LogP contribution in [-0.2, 0) is 6.54 Å². The maximum Gasteiger partial charge on any atom is 0.162 e. The molecule has 1 fully saturated rings. The molecule has 0 amide bonds. The van der Waals surface area contributed by atoms with Gasteiger partial charge in [-0.3, -0.25) is 0 Å². The molecule has 2 rings (SSSR count). The van der Waals surface area contributed by atoms with Crippen molar-refractivity contribution < 1.29 is 9.84 Å². The van der Waals surface area contributed by atoms with Gasteiger partial charge in [0.05, 0.1) is 6.61 Å².